The Labute approximate surface area is 168 Å². The quantitative estimate of drug-likeness (QED) is 0.382. The molecule has 1 N–H and O–H groups in total. The first-order chi connectivity index (χ1) is 14.1. The molecule has 5 rings (SSSR count). The van der Waals surface area contributed by atoms with Crippen LogP contribution in [0.1, 0.15) is 10.6 Å². The Morgan fingerprint density at radius 2 is 1.83 bits per heavy atom. The summed E-state index contributed by atoms with van der Waals surface area (Å²) < 4.78 is 24.6. The standard InChI is InChI=1S/C22H12ClFN2O3/c23-16-10-13(24)5-7-15(16)22-26-17-11-14(6-8-19(17)29-22)25-21(27)20-9-12-3-1-2-4-18(12)28-20/h1-11H,(H,25,27). The Kier molecular flexibility index (Phi) is 4.07. The van der Waals surface area contributed by atoms with Crippen LogP contribution in [0.15, 0.2) is 75.6 Å². The lowest BCUT2D eigenvalue weighted by Gasteiger charge is -2.02. The number of rotatable bonds is 3. The van der Waals surface area contributed by atoms with E-state index in [4.69, 9.17) is 20.4 Å². The predicted octanol–water partition coefficient (Wildman–Crippen LogP) is 6.29. The third kappa shape index (κ3) is 3.23. The molecule has 29 heavy (non-hydrogen) atoms. The predicted molar refractivity (Wildman–Crippen MR) is 109 cm³/mol. The summed E-state index contributed by atoms with van der Waals surface area (Å²) in [7, 11) is 0. The van der Waals surface area contributed by atoms with E-state index < -0.39 is 5.82 Å². The molecule has 0 aliphatic heterocycles. The van der Waals surface area contributed by atoms with Gasteiger partial charge in [0, 0.05) is 11.1 Å². The second-order valence-electron chi connectivity index (χ2n) is 6.43. The summed E-state index contributed by atoms with van der Waals surface area (Å²) in [6, 6.07) is 18.1. The molecule has 2 heterocycles. The van der Waals surface area contributed by atoms with Crippen molar-refractivity contribution >= 4 is 45.3 Å². The number of furan rings is 1. The van der Waals surface area contributed by atoms with Crippen molar-refractivity contribution in [3.8, 4) is 11.5 Å². The number of carbonyl (C=O) groups excluding carboxylic acids is 1. The zero-order valence-electron chi connectivity index (χ0n) is 14.8. The van der Waals surface area contributed by atoms with Crippen molar-refractivity contribution in [2.24, 2.45) is 0 Å². The zero-order chi connectivity index (χ0) is 20.0. The molecule has 0 saturated heterocycles. The van der Waals surface area contributed by atoms with Crippen LogP contribution < -0.4 is 5.32 Å². The largest absolute Gasteiger partial charge is 0.451 e. The SMILES string of the molecule is O=C(Nc1ccc2oc(-c3ccc(F)cc3Cl)nc2c1)c1cc2ccccc2o1. The van der Waals surface area contributed by atoms with Crippen LogP contribution in [0.2, 0.25) is 5.02 Å². The van der Waals surface area contributed by atoms with Gasteiger partial charge in [-0.1, -0.05) is 29.8 Å². The van der Waals surface area contributed by atoms with Crippen LogP contribution in [0.25, 0.3) is 33.5 Å². The van der Waals surface area contributed by atoms with E-state index in [-0.39, 0.29) is 22.6 Å². The van der Waals surface area contributed by atoms with Gasteiger partial charge in [0.1, 0.15) is 16.9 Å². The highest BCUT2D eigenvalue weighted by Crippen LogP contribution is 2.31. The van der Waals surface area contributed by atoms with Gasteiger partial charge >= 0.3 is 0 Å². The number of amides is 1. The van der Waals surface area contributed by atoms with Crippen LogP contribution in [0.3, 0.4) is 0 Å². The van der Waals surface area contributed by atoms with Crippen molar-refractivity contribution in [3.63, 3.8) is 0 Å². The molecular formula is C22H12ClFN2O3. The second kappa shape index (κ2) is 6.76. The molecule has 142 valence electrons. The maximum absolute atomic E-state index is 13.3. The fourth-order valence-corrected chi connectivity index (χ4v) is 3.32. The molecule has 3 aromatic carbocycles. The molecule has 0 bridgehead atoms. The van der Waals surface area contributed by atoms with Crippen molar-refractivity contribution in [1.29, 1.82) is 0 Å². The van der Waals surface area contributed by atoms with Gasteiger partial charge in [0.25, 0.3) is 5.91 Å². The van der Waals surface area contributed by atoms with Gasteiger partial charge in [-0.15, -0.1) is 0 Å². The Bertz CT molecular complexity index is 1360. The smallest absolute Gasteiger partial charge is 0.291 e. The minimum atomic E-state index is -0.439. The van der Waals surface area contributed by atoms with Crippen molar-refractivity contribution in [2.45, 2.75) is 0 Å². The number of fused-ring (bicyclic) bond motifs is 2. The van der Waals surface area contributed by atoms with Gasteiger partial charge in [0.2, 0.25) is 5.89 Å². The molecular weight excluding hydrogens is 395 g/mol. The fourth-order valence-electron chi connectivity index (χ4n) is 3.07. The normalized spacial score (nSPS) is 11.2. The molecule has 0 radical (unpaired) electrons. The number of aromatic nitrogens is 1. The molecule has 0 atom stereocenters. The average molecular weight is 407 g/mol. The zero-order valence-corrected chi connectivity index (χ0v) is 15.5. The first-order valence-electron chi connectivity index (χ1n) is 8.73. The van der Waals surface area contributed by atoms with Gasteiger partial charge in [-0.25, -0.2) is 9.37 Å². The van der Waals surface area contributed by atoms with E-state index in [2.05, 4.69) is 10.3 Å². The number of para-hydroxylation sites is 1. The Morgan fingerprint density at radius 3 is 2.66 bits per heavy atom. The lowest BCUT2D eigenvalue weighted by atomic mass is 10.2. The summed E-state index contributed by atoms with van der Waals surface area (Å²) in [6.45, 7) is 0. The maximum Gasteiger partial charge on any atom is 0.291 e. The molecule has 1 amide bonds. The van der Waals surface area contributed by atoms with Crippen LogP contribution in [0.5, 0.6) is 0 Å². The number of nitrogens with zero attached hydrogens (tertiary/aromatic N) is 1. The van der Waals surface area contributed by atoms with Crippen LogP contribution in [0, 0.1) is 5.82 Å². The Morgan fingerprint density at radius 1 is 0.966 bits per heavy atom. The maximum atomic E-state index is 13.3. The summed E-state index contributed by atoms with van der Waals surface area (Å²) in [4.78, 5) is 16.9. The van der Waals surface area contributed by atoms with E-state index in [9.17, 15) is 9.18 Å². The van der Waals surface area contributed by atoms with Crippen molar-refractivity contribution in [3.05, 3.63) is 83.3 Å². The van der Waals surface area contributed by atoms with E-state index in [0.717, 1.165) is 5.39 Å². The number of benzene rings is 3. The number of oxazole rings is 1. The molecule has 0 spiro atoms. The fraction of sp³-hybridized carbons (Fsp3) is 0. The third-order valence-electron chi connectivity index (χ3n) is 4.46. The lowest BCUT2D eigenvalue weighted by molar-refractivity contribution is 0.0998. The number of carbonyl (C=O) groups is 1. The molecule has 2 aromatic heterocycles. The van der Waals surface area contributed by atoms with Crippen LogP contribution in [-0.2, 0) is 0 Å². The molecule has 0 saturated carbocycles. The third-order valence-corrected chi connectivity index (χ3v) is 4.77. The van der Waals surface area contributed by atoms with Gasteiger partial charge < -0.3 is 14.2 Å². The molecule has 5 nitrogen and oxygen atoms in total. The molecule has 7 heteroatoms. The second-order valence-corrected chi connectivity index (χ2v) is 6.84. The van der Waals surface area contributed by atoms with Gasteiger partial charge in [-0.05, 0) is 48.5 Å². The van der Waals surface area contributed by atoms with E-state index in [1.54, 1.807) is 30.3 Å². The highest BCUT2D eigenvalue weighted by Gasteiger charge is 2.15. The first-order valence-corrected chi connectivity index (χ1v) is 9.10. The number of hydrogen-bond acceptors (Lipinski definition) is 4. The summed E-state index contributed by atoms with van der Waals surface area (Å²) in [6.07, 6.45) is 0. The van der Waals surface area contributed by atoms with Crippen LogP contribution in [-0.4, -0.2) is 10.9 Å². The van der Waals surface area contributed by atoms with Crippen molar-refractivity contribution in [2.75, 3.05) is 5.32 Å². The number of nitrogens with one attached hydrogen (secondary N) is 1. The van der Waals surface area contributed by atoms with E-state index in [0.29, 0.717) is 27.9 Å². The van der Waals surface area contributed by atoms with Gasteiger partial charge in [-0.3, -0.25) is 4.79 Å². The van der Waals surface area contributed by atoms with E-state index in [1.165, 1.54) is 18.2 Å². The summed E-state index contributed by atoms with van der Waals surface area (Å²) >= 11 is 6.09. The molecule has 0 aliphatic carbocycles. The van der Waals surface area contributed by atoms with Gasteiger partial charge in [0.15, 0.2) is 11.3 Å². The summed E-state index contributed by atoms with van der Waals surface area (Å²) in [5.41, 5.74) is 2.71. The highest BCUT2D eigenvalue weighted by atomic mass is 35.5. The molecule has 0 unspecified atom stereocenters. The summed E-state index contributed by atoms with van der Waals surface area (Å²) in [5, 5.41) is 3.85. The summed E-state index contributed by atoms with van der Waals surface area (Å²) in [5.74, 6) is -0.327. The van der Waals surface area contributed by atoms with E-state index >= 15 is 0 Å². The molecule has 5 aromatic rings. The van der Waals surface area contributed by atoms with Crippen LogP contribution in [0.4, 0.5) is 10.1 Å². The van der Waals surface area contributed by atoms with E-state index in [1.807, 2.05) is 18.2 Å². The average Bonchev–Trinajstić information content (AvgIpc) is 3.31. The molecule has 0 fully saturated rings. The first kappa shape index (κ1) is 17.5. The topological polar surface area (TPSA) is 68.3 Å². The molecule has 0 aliphatic rings. The highest BCUT2D eigenvalue weighted by molar-refractivity contribution is 6.33. The monoisotopic (exact) mass is 406 g/mol. The minimum Gasteiger partial charge on any atom is -0.451 e. The van der Waals surface area contributed by atoms with Gasteiger partial charge in [0.05, 0.1) is 10.6 Å². The Balaban J connectivity index is 1.44. The number of anilines is 1. The van der Waals surface area contributed by atoms with Crippen molar-refractivity contribution in [1.82, 2.24) is 4.98 Å². The lowest BCUT2D eigenvalue weighted by Crippen LogP contribution is -2.10. The van der Waals surface area contributed by atoms with Crippen molar-refractivity contribution < 1.29 is 18.0 Å². The minimum absolute atomic E-state index is 0.204. The number of hydrogen-bond donors (Lipinski definition) is 1. The van der Waals surface area contributed by atoms with Crippen LogP contribution >= 0.6 is 11.6 Å². The number of halogens is 2. The Hall–Kier alpha value is -3.64. The van der Waals surface area contributed by atoms with Gasteiger partial charge in [-0.2, -0.15) is 0 Å².